The summed E-state index contributed by atoms with van der Waals surface area (Å²) in [4.78, 5) is 4.38. The fourth-order valence-corrected chi connectivity index (χ4v) is 3.06. The molecule has 0 saturated carbocycles. The molecule has 2 aromatic heterocycles. The lowest BCUT2D eigenvalue weighted by molar-refractivity contribution is 0.465. The zero-order valence-corrected chi connectivity index (χ0v) is 16.5. The average Bonchev–Trinajstić information content (AvgIpc) is 2.99. The van der Waals surface area contributed by atoms with E-state index in [1.165, 1.54) is 0 Å². The molecule has 1 aromatic carbocycles. The average molecular weight is 394 g/mol. The maximum atomic E-state index is 11.4. The molecular formula is C17H20ClN5O2S. The number of nitrogens with zero attached hydrogens (tertiary/aromatic N) is 4. The smallest absolute Gasteiger partial charge is 0.162 e. The van der Waals surface area contributed by atoms with Gasteiger partial charge in [0.25, 0.3) is 0 Å². The molecule has 0 saturated heterocycles. The van der Waals surface area contributed by atoms with E-state index in [1.54, 1.807) is 43.0 Å². The number of hydrogen-bond donors (Lipinski definition) is 1. The highest BCUT2D eigenvalue weighted by Gasteiger charge is 2.20. The molecule has 2 heterocycles. The predicted molar refractivity (Wildman–Crippen MR) is 104 cm³/mol. The minimum absolute atomic E-state index is 0.248. The second-order valence-corrected chi connectivity index (χ2v) is 8.43. The molecule has 1 unspecified atom stereocenters. The zero-order valence-electron chi connectivity index (χ0n) is 14.9. The maximum Gasteiger partial charge on any atom is 0.162 e. The van der Waals surface area contributed by atoms with Gasteiger partial charge in [0.1, 0.15) is 16.7 Å². The highest BCUT2D eigenvalue weighted by atomic mass is 35.5. The normalized spacial score (nSPS) is 13.3. The van der Waals surface area contributed by atoms with E-state index in [0.29, 0.717) is 22.3 Å². The first kappa shape index (κ1) is 18.8. The van der Waals surface area contributed by atoms with Crippen molar-refractivity contribution in [1.82, 2.24) is 18.5 Å². The van der Waals surface area contributed by atoms with Gasteiger partial charge in [-0.05, 0) is 18.1 Å². The van der Waals surface area contributed by atoms with E-state index in [0.717, 1.165) is 11.3 Å². The summed E-state index contributed by atoms with van der Waals surface area (Å²) in [7, 11) is 3.21. The van der Waals surface area contributed by atoms with Crippen LogP contribution in [0.5, 0.6) is 0 Å². The molecule has 9 heteroatoms. The summed E-state index contributed by atoms with van der Waals surface area (Å²) in [6.45, 7) is 4.15. The number of fused-ring (bicyclic) bond motifs is 1. The standard InChI is InChI=1S/C17H20ClN5O2S/c1-11(2)14-10-19-22-16(9-15(18)21-17(14)22)20-12-5-7-13(8-6-12)23(3,4)26(24)25/h5-11,20H,1-4H3. The Balaban J connectivity index is 1.96. The number of nitrogens with one attached hydrogen (secondary N) is 1. The third-order valence-electron chi connectivity index (χ3n) is 4.22. The minimum atomic E-state index is -2.27. The van der Waals surface area contributed by atoms with Crippen LogP contribution in [0.4, 0.5) is 17.2 Å². The van der Waals surface area contributed by atoms with Gasteiger partial charge in [0.15, 0.2) is 16.9 Å². The van der Waals surface area contributed by atoms with Gasteiger partial charge in [0, 0.05) is 29.4 Å². The van der Waals surface area contributed by atoms with Gasteiger partial charge in [0.05, 0.1) is 20.3 Å². The van der Waals surface area contributed by atoms with Crippen LogP contribution in [0.25, 0.3) is 5.65 Å². The number of anilines is 2. The monoisotopic (exact) mass is 393 g/mol. The van der Waals surface area contributed by atoms with Gasteiger partial charge in [0.2, 0.25) is 0 Å². The van der Waals surface area contributed by atoms with Crippen LogP contribution in [0.3, 0.4) is 0 Å². The van der Waals surface area contributed by atoms with E-state index < -0.39 is 11.3 Å². The van der Waals surface area contributed by atoms with E-state index in [9.17, 15) is 8.76 Å². The Kier molecular flexibility index (Phi) is 5.03. The Morgan fingerprint density at radius 2 is 1.92 bits per heavy atom. The number of halogens is 1. The summed E-state index contributed by atoms with van der Waals surface area (Å²) in [5.41, 5.74) is 3.17. The van der Waals surface area contributed by atoms with Crippen molar-refractivity contribution in [2.75, 3.05) is 19.4 Å². The van der Waals surface area contributed by atoms with E-state index >= 15 is 0 Å². The number of quaternary nitrogens is 1. The van der Waals surface area contributed by atoms with E-state index in [2.05, 4.69) is 29.2 Å². The van der Waals surface area contributed by atoms with E-state index in [-0.39, 0.29) is 9.81 Å². The van der Waals surface area contributed by atoms with Crippen molar-refractivity contribution < 1.29 is 8.76 Å². The topological polar surface area (TPSA) is 82.3 Å². The van der Waals surface area contributed by atoms with Crippen LogP contribution in [-0.2, 0) is 11.3 Å². The molecular weight excluding hydrogens is 374 g/mol. The minimum Gasteiger partial charge on any atom is -0.724 e. The highest BCUT2D eigenvalue weighted by Crippen LogP contribution is 2.27. The summed E-state index contributed by atoms with van der Waals surface area (Å²) in [5, 5.41) is 8.04. The largest absolute Gasteiger partial charge is 0.724 e. The summed E-state index contributed by atoms with van der Waals surface area (Å²) >= 11 is 3.91. The predicted octanol–water partition coefficient (Wildman–Crippen LogP) is 3.61. The number of hydrogen-bond acceptors (Lipinski definition) is 5. The number of aromatic nitrogens is 3. The SMILES string of the molecule is CC(C)c1cnn2c(Nc3ccc([N+](C)(C)S(=O)[O-])cc3)cc(Cl)nc12. The highest BCUT2D eigenvalue weighted by molar-refractivity contribution is 7.78. The molecule has 0 aliphatic heterocycles. The number of benzene rings is 1. The van der Waals surface area contributed by atoms with Crippen molar-refractivity contribution in [3.05, 3.63) is 47.2 Å². The van der Waals surface area contributed by atoms with Crippen molar-refractivity contribution in [3.8, 4) is 0 Å². The van der Waals surface area contributed by atoms with Gasteiger partial charge < -0.3 is 9.87 Å². The molecule has 3 rings (SSSR count). The van der Waals surface area contributed by atoms with Crippen LogP contribution in [-0.4, -0.2) is 37.5 Å². The molecule has 7 nitrogen and oxygen atoms in total. The molecule has 26 heavy (non-hydrogen) atoms. The Labute approximate surface area is 159 Å². The maximum absolute atomic E-state index is 11.4. The number of rotatable bonds is 5. The molecule has 0 bridgehead atoms. The fourth-order valence-electron chi connectivity index (χ4n) is 2.58. The second kappa shape index (κ2) is 6.96. The van der Waals surface area contributed by atoms with E-state index in [1.807, 2.05) is 12.1 Å². The van der Waals surface area contributed by atoms with Crippen LogP contribution in [0, 0.1) is 0 Å². The Hall–Kier alpha value is -2.00. The molecule has 0 aliphatic carbocycles. The van der Waals surface area contributed by atoms with Crippen molar-refractivity contribution >= 4 is 45.7 Å². The van der Waals surface area contributed by atoms with Gasteiger partial charge in [-0.25, -0.2) is 13.1 Å². The second-order valence-electron chi connectivity index (χ2n) is 6.69. The van der Waals surface area contributed by atoms with Gasteiger partial charge in [-0.2, -0.15) is 9.61 Å². The Morgan fingerprint density at radius 3 is 2.50 bits per heavy atom. The van der Waals surface area contributed by atoms with Gasteiger partial charge in [-0.15, -0.1) is 0 Å². The van der Waals surface area contributed by atoms with Gasteiger partial charge in [-0.1, -0.05) is 25.4 Å². The molecule has 0 amide bonds. The van der Waals surface area contributed by atoms with Crippen LogP contribution in [0.15, 0.2) is 36.5 Å². The van der Waals surface area contributed by atoms with Crippen molar-refractivity contribution in [2.45, 2.75) is 19.8 Å². The fraction of sp³-hybridized carbons (Fsp3) is 0.294. The van der Waals surface area contributed by atoms with Crippen LogP contribution in [0.2, 0.25) is 5.15 Å². The van der Waals surface area contributed by atoms with Crippen LogP contribution < -0.4 is 9.21 Å². The Morgan fingerprint density at radius 1 is 1.27 bits per heavy atom. The lowest BCUT2D eigenvalue weighted by Gasteiger charge is -2.29. The molecule has 0 radical (unpaired) electrons. The third kappa shape index (κ3) is 3.45. The summed E-state index contributed by atoms with van der Waals surface area (Å²) < 4.78 is 24.2. The van der Waals surface area contributed by atoms with E-state index in [4.69, 9.17) is 11.6 Å². The first-order valence-corrected chi connectivity index (χ1v) is 9.47. The molecule has 138 valence electrons. The molecule has 0 spiro atoms. The summed E-state index contributed by atoms with van der Waals surface area (Å²) in [5.74, 6) is 0.958. The van der Waals surface area contributed by atoms with Gasteiger partial charge in [-0.3, -0.25) is 0 Å². The quantitative estimate of drug-likeness (QED) is 0.406. The molecule has 1 atom stereocenters. The lowest BCUT2D eigenvalue weighted by Crippen LogP contribution is -2.41. The molecule has 3 aromatic rings. The van der Waals surface area contributed by atoms with Crippen molar-refractivity contribution in [3.63, 3.8) is 0 Å². The molecule has 0 aliphatic rings. The lowest BCUT2D eigenvalue weighted by atomic mass is 10.1. The first-order valence-electron chi connectivity index (χ1n) is 8.06. The third-order valence-corrected chi connectivity index (χ3v) is 5.37. The summed E-state index contributed by atoms with van der Waals surface area (Å²) in [6, 6.07) is 8.86. The molecule has 1 N–H and O–H groups in total. The zero-order chi connectivity index (χ0) is 19.1. The summed E-state index contributed by atoms with van der Waals surface area (Å²) in [6.07, 6.45) is 1.79. The van der Waals surface area contributed by atoms with Crippen molar-refractivity contribution in [1.29, 1.82) is 0 Å². The van der Waals surface area contributed by atoms with Crippen LogP contribution in [0.1, 0.15) is 25.3 Å². The van der Waals surface area contributed by atoms with Crippen molar-refractivity contribution in [2.24, 2.45) is 0 Å². The Bertz CT molecular complexity index is 969. The first-order chi connectivity index (χ1) is 12.2. The molecule has 0 fully saturated rings. The van der Waals surface area contributed by atoms with Gasteiger partial charge >= 0.3 is 0 Å². The van der Waals surface area contributed by atoms with Crippen LogP contribution >= 0.6 is 11.6 Å².